The summed E-state index contributed by atoms with van der Waals surface area (Å²) in [6, 6.07) is 10.6. The van der Waals surface area contributed by atoms with Crippen LogP contribution in [0.25, 0.3) is 21.7 Å². The Balaban J connectivity index is 1.34. The van der Waals surface area contributed by atoms with E-state index in [1.54, 1.807) is 6.26 Å². The van der Waals surface area contributed by atoms with Crippen LogP contribution in [0, 0.1) is 0 Å². The van der Waals surface area contributed by atoms with E-state index in [9.17, 15) is 9.59 Å². The van der Waals surface area contributed by atoms with E-state index in [4.69, 9.17) is 9.15 Å². The van der Waals surface area contributed by atoms with Gasteiger partial charge in [0, 0.05) is 30.0 Å². The molecule has 2 aliphatic rings. The van der Waals surface area contributed by atoms with Gasteiger partial charge in [0.1, 0.15) is 17.9 Å². The van der Waals surface area contributed by atoms with Crippen molar-refractivity contribution in [3.8, 4) is 5.75 Å². The Hall–Kier alpha value is -2.90. The van der Waals surface area contributed by atoms with E-state index in [0.717, 1.165) is 52.7 Å². The van der Waals surface area contributed by atoms with Crippen LogP contribution in [0.4, 0.5) is 0 Å². The molecule has 1 aromatic heterocycles. The Morgan fingerprint density at radius 2 is 1.97 bits per heavy atom. The Morgan fingerprint density at radius 3 is 2.78 bits per heavy atom. The number of fused-ring (bicyclic) bond motifs is 3. The number of likely N-dealkylation sites (N-methyl/N-ethyl adjacent to an activating group) is 1. The number of hydrogen-bond donors (Lipinski definition) is 2. The third-order valence-electron chi connectivity index (χ3n) is 6.81. The van der Waals surface area contributed by atoms with E-state index in [2.05, 4.69) is 22.6 Å². The van der Waals surface area contributed by atoms with Crippen LogP contribution in [-0.4, -0.2) is 56.0 Å². The molecular formula is C25H29N3O4. The van der Waals surface area contributed by atoms with Gasteiger partial charge in [0.15, 0.2) is 0 Å². The van der Waals surface area contributed by atoms with E-state index < -0.39 is 0 Å². The lowest BCUT2D eigenvalue weighted by molar-refractivity contribution is -0.134. The summed E-state index contributed by atoms with van der Waals surface area (Å²) < 4.78 is 11.8. The average molecular weight is 436 g/mol. The summed E-state index contributed by atoms with van der Waals surface area (Å²) in [4.78, 5) is 26.4. The summed E-state index contributed by atoms with van der Waals surface area (Å²) in [5.41, 5.74) is 1.59. The van der Waals surface area contributed by atoms with Gasteiger partial charge in [-0.15, -0.1) is 0 Å². The van der Waals surface area contributed by atoms with Gasteiger partial charge < -0.3 is 14.5 Å². The van der Waals surface area contributed by atoms with Crippen LogP contribution in [0.5, 0.6) is 5.75 Å². The van der Waals surface area contributed by atoms with Gasteiger partial charge >= 0.3 is 0 Å². The quantitative estimate of drug-likeness (QED) is 0.579. The molecule has 3 heterocycles. The zero-order chi connectivity index (χ0) is 22.1. The van der Waals surface area contributed by atoms with Gasteiger partial charge in [-0.2, -0.15) is 0 Å². The molecule has 7 heteroatoms. The molecule has 0 aliphatic carbocycles. The number of nitrogens with zero attached hydrogens (tertiary/aromatic N) is 1. The molecule has 0 spiro atoms. The maximum absolute atomic E-state index is 12.4. The summed E-state index contributed by atoms with van der Waals surface area (Å²) in [6.07, 6.45) is 4.87. The monoisotopic (exact) mass is 435 g/mol. The van der Waals surface area contributed by atoms with Crippen molar-refractivity contribution in [3.05, 3.63) is 42.2 Å². The third-order valence-corrected chi connectivity index (χ3v) is 6.81. The minimum Gasteiger partial charge on any atom is -0.492 e. The highest BCUT2D eigenvalue weighted by molar-refractivity contribution is 6.10. The number of piperidine rings is 2. The minimum absolute atomic E-state index is 0.212. The largest absolute Gasteiger partial charge is 0.492 e. The molecular weight excluding hydrogens is 406 g/mol. The molecule has 0 bridgehead atoms. The van der Waals surface area contributed by atoms with Crippen molar-refractivity contribution in [1.29, 1.82) is 0 Å². The van der Waals surface area contributed by atoms with Crippen molar-refractivity contribution in [2.75, 3.05) is 33.3 Å². The highest BCUT2D eigenvalue weighted by Crippen LogP contribution is 2.37. The number of ether oxygens (including phenoxy) is 1. The van der Waals surface area contributed by atoms with E-state index in [1.165, 1.54) is 12.8 Å². The second kappa shape index (κ2) is 8.92. The highest BCUT2D eigenvalue weighted by Gasteiger charge is 2.31. The lowest BCUT2D eigenvalue weighted by Crippen LogP contribution is -2.42. The van der Waals surface area contributed by atoms with E-state index in [0.29, 0.717) is 25.5 Å². The number of rotatable bonds is 6. The van der Waals surface area contributed by atoms with E-state index in [-0.39, 0.29) is 17.7 Å². The number of carbonyl (C=O) groups is 2. The Labute approximate surface area is 187 Å². The fraction of sp³-hybridized carbons (Fsp3) is 0.440. The molecule has 3 aromatic rings. The molecule has 0 radical (unpaired) electrons. The number of hydrogen-bond acceptors (Lipinski definition) is 6. The van der Waals surface area contributed by atoms with Crippen LogP contribution in [0.2, 0.25) is 0 Å². The van der Waals surface area contributed by atoms with Crippen molar-refractivity contribution in [3.63, 3.8) is 0 Å². The predicted molar refractivity (Wildman–Crippen MR) is 123 cm³/mol. The fourth-order valence-corrected chi connectivity index (χ4v) is 4.94. The molecule has 2 saturated heterocycles. The Bertz CT molecular complexity index is 1150. The summed E-state index contributed by atoms with van der Waals surface area (Å²) in [5, 5.41) is 8.86. The smallest absolute Gasteiger partial charge is 0.234 e. The lowest BCUT2D eigenvalue weighted by atomic mass is 9.89. The van der Waals surface area contributed by atoms with Gasteiger partial charge in [0.25, 0.3) is 0 Å². The summed E-state index contributed by atoms with van der Waals surface area (Å²) in [6.45, 7) is 3.71. The van der Waals surface area contributed by atoms with Crippen LogP contribution < -0.4 is 15.4 Å². The zero-order valence-corrected chi connectivity index (χ0v) is 18.4. The van der Waals surface area contributed by atoms with Gasteiger partial charge in [0.2, 0.25) is 11.8 Å². The molecule has 2 aliphatic heterocycles. The molecule has 7 nitrogen and oxygen atoms in total. The van der Waals surface area contributed by atoms with Crippen molar-refractivity contribution in [1.82, 2.24) is 15.5 Å². The molecule has 0 unspecified atom stereocenters. The predicted octanol–water partition coefficient (Wildman–Crippen LogP) is 3.17. The van der Waals surface area contributed by atoms with Crippen LogP contribution >= 0.6 is 0 Å². The van der Waals surface area contributed by atoms with E-state index in [1.807, 2.05) is 30.3 Å². The van der Waals surface area contributed by atoms with Crippen LogP contribution in [-0.2, 0) is 9.59 Å². The highest BCUT2D eigenvalue weighted by atomic mass is 16.5. The average Bonchev–Trinajstić information content (AvgIpc) is 3.24. The molecule has 32 heavy (non-hydrogen) atoms. The summed E-state index contributed by atoms with van der Waals surface area (Å²) in [7, 11) is 2.17. The molecule has 5 rings (SSSR count). The van der Waals surface area contributed by atoms with Crippen LogP contribution in [0.3, 0.4) is 0 Å². The number of carbonyl (C=O) groups excluding carboxylic acids is 2. The lowest BCUT2D eigenvalue weighted by Gasteiger charge is -2.31. The number of amides is 2. The first-order valence-corrected chi connectivity index (χ1v) is 11.4. The molecule has 2 amide bonds. The minimum atomic E-state index is -0.374. The van der Waals surface area contributed by atoms with Crippen molar-refractivity contribution < 1.29 is 18.7 Å². The molecule has 0 saturated carbocycles. The molecule has 2 aromatic carbocycles. The van der Waals surface area contributed by atoms with Crippen molar-refractivity contribution in [2.24, 2.45) is 0 Å². The number of furan rings is 1. The summed E-state index contributed by atoms with van der Waals surface area (Å²) >= 11 is 0. The SMILES string of the molecule is CN(CCOc1ccc2c(ccc3occ([C@@H]4CCC(=O)NC4=O)c32)c1)C1CCNCC1. The van der Waals surface area contributed by atoms with Crippen molar-refractivity contribution >= 4 is 33.6 Å². The van der Waals surface area contributed by atoms with Gasteiger partial charge in [-0.1, -0.05) is 6.07 Å². The van der Waals surface area contributed by atoms with Crippen LogP contribution in [0.15, 0.2) is 41.0 Å². The normalized spacial score (nSPS) is 20.2. The second-order valence-corrected chi connectivity index (χ2v) is 8.83. The first-order chi connectivity index (χ1) is 15.6. The number of benzene rings is 2. The Kier molecular flexibility index (Phi) is 5.85. The standard InChI is InChI=1S/C25H29N3O4/c1-28(17-8-10-26-11-9-17)12-13-31-18-3-4-19-16(14-18)2-6-22-24(19)21(15-32-22)20-5-7-23(29)27-25(20)30/h2-4,6,14-15,17,20,26H,5,7-13H2,1H3,(H,27,29,30)/t20-/m0/s1. The molecule has 2 fully saturated rings. The maximum atomic E-state index is 12.4. The summed E-state index contributed by atoms with van der Waals surface area (Å²) in [5.74, 6) is -0.00196. The van der Waals surface area contributed by atoms with Gasteiger partial charge in [-0.3, -0.25) is 19.8 Å². The first-order valence-electron chi connectivity index (χ1n) is 11.4. The van der Waals surface area contributed by atoms with Gasteiger partial charge in [-0.25, -0.2) is 0 Å². The molecule has 2 N–H and O–H groups in total. The van der Waals surface area contributed by atoms with Crippen LogP contribution in [0.1, 0.15) is 37.2 Å². The zero-order valence-electron chi connectivity index (χ0n) is 18.4. The topological polar surface area (TPSA) is 83.8 Å². The van der Waals surface area contributed by atoms with Gasteiger partial charge in [0.05, 0.1) is 12.2 Å². The maximum Gasteiger partial charge on any atom is 0.234 e. The fourth-order valence-electron chi connectivity index (χ4n) is 4.94. The van der Waals surface area contributed by atoms with Gasteiger partial charge in [-0.05, 0) is 74.4 Å². The number of nitrogens with one attached hydrogen (secondary N) is 2. The van der Waals surface area contributed by atoms with Crippen molar-refractivity contribution in [2.45, 2.75) is 37.6 Å². The third kappa shape index (κ3) is 4.10. The Morgan fingerprint density at radius 1 is 1.12 bits per heavy atom. The molecule has 168 valence electrons. The number of imide groups is 1. The van der Waals surface area contributed by atoms with E-state index >= 15 is 0 Å². The second-order valence-electron chi connectivity index (χ2n) is 8.83. The molecule has 1 atom stereocenters. The first kappa shape index (κ1) is 21.0.